The Labute approximate surface area is 736 Å². The largest absolute Gasteiger partial charge is 0.744 e. The molecule has 678 valence electrons. The predicted octanol–water partition coefficient (Wildman–Crippen LogP) is 18.1. The molecule has 7 aromatic carbocycles. The number of hydrogen-bond donors (Lipinski definition) is 4. The molecule has 0 saturated carbocycles. The van der Waals surface area contributed by atoms with Crippen LogP contribution in [0.3, 0.4) is 0 Å². The third-order valence-electron chi connectivity index (χ3n) is 20.6. The molecule has 0 aliphatic heterocycles. The van der Waals surface area contributed by atoms with Crippen LogP contribution in [0.15, 0.2) is 177 Å². The summed E-state index contributed by atoms with van der Waals surface area (Å²) in [6.45, 7) is 24.1. The molecule has 4 N–H and O–H groups in total. The zero-order valence-electron chi connectivity index (χ0n) is 74.2. The van der Waals surface area contributed by atoms with Crippen molar-refractivity contribution in [2.45, 2.75) is 223 Å². The Morgan fingerprint density at radius 3 is 1.14 bits per heavy atom. The van der Waals surface area contributed by atoms with E-state index >= 15 is 0 Å². The quantitative estimate of drug-likeness (QED) is 0.00687. The molecule has 9 aromatic rings. The molecule has 33 heteroatoms. The molecule has 0 amide bonds. The lowest BCUT2D eigenvalue weighted by Gasteiger charge is -2.30. The Morgan fingerprint density at radius 1 is 0.371 bits per heavy atom. The van der Waals surface area contributed by atoms with E-state index in [-0.39, 0.29) is 52.6 Å². The van der Waals surface area contributed by atoms with Crippen LogP contribution in [-0.2, 0) is 58.6 Å². The normalized spacial score (nSPS) is 11.8. The van der Waals surface area contributed by atoms with E-state index in [1.807, 2.05) is 46.8 Å². The predicted molar refractivity (Wildman–Crippen MR) is 487 cm³/mol. The number of unbranched alkanes of at least 4 members (excludes halogenated alkanes) is 18. The second-order valence-electron chi connectivity index (χ2n) is 32.0. The van der Waals surface area contributed by atoms with Crippen LogP contribution in [0.2, 0.25) is 0 Å². The maximum absolute atomic E-state index is 12.7. The van der Waals surface area contributed by atoms with Gasteiger partial charge in [0, 0.05) is 54.4 Å². The molecule has 2 heterocycles. The highest BCUT2D eigenvalue weighted by molar-refractivity contribution is 7.86. The average Bonchev–Trinajstić information content (AvgIpc) is 0.787. The van der Waals surface area contributed by atoms with E-state index in [0.717, 1.165) is 39.8 Å². The van der Waals surface area contributed by atoms with Gasteiger partial charge < -0.3 is 68.4 Å². The van der Waals surface area contributed by atoms with Crippen LogP contribution in [0.1, 0.15) is 209 Å². The lowest BCUT2D eigenvalue weighted by atomic mass is 10.1. The van der Waals surface area contributed by atoms with Crippen molar-refractivity contribution < 1.29 is 76.0 Å². The molecule has 0 fully saturated rings. The fourth-order valence-electron chi connectivity index (χ4n) is 13.7. The molecular formula is C91H127N14O15S4-3. The summed E-state index contributed by atoms with van der Waals surface area (Å²) < 4.78 is 147. The van der Waals surface area contributed by atoms with Gasteiger partial charge in [0.1, 0.15) is 53.6 Å². The zero-order valence-corrected chi connectivity index (χ0v) is 77.5. The second kappa shape index (κ2) is 51.7. The zero-order chi connectivity index (χ0) is 90.9. The van der Waals surface area contributed by atoms with Crippen molar-refractivity contribution in [1.82, 2.24) is 29.9 Å². The van der Waals surface area contributed by atoms with Crippen LogP contribution in [0.4, 0.5) is 58.4 Å². The average molecular weight is 1790 g/mol. The summed E-state index contributed by atoms with van der Waals surface area (Å²) in [5.74, 6) is 0.269. The van der Waals surface area contributed by atoms with Crippen LogP contribution in [0.5, 0.6) is 5.75 Å². The standard InChI is InChI=1S/C42H48N12O12S4.2C21H38N.C7H8O3/c1-7-53(8-2)41-50-38(47-39(51-41)45-33-23-31(67(55,56)57)18-11-25(33)5)44-30-17-15-28(36(22-30)70(64,65)66)13-12-27-14-16-29(21-26(27)6)43-37-48-40(52-42(49-37)54(9-3)10-4)46-34-24-32(68(58,59)60)19-20-35(34)69(61,62)63;2*1-4-5-6-7-8-9-10-11-12-16-19-22(2,3)20-21-17-14-13-15-18-21;1-6-2-4-7(5-3-6)9-10-8/h11-24H,7-10H2,1-6H3,(H,55,56,57)(H,58,59,60)(H,61,62,63)(H,64,65,66)(H2,43,46,48,49,52)(H2,44,45,47,50,51);2*13-15,17-18H,4-12,16,19-20H2,1-3H3;2-5,8H,1H3/q;2*+1;/p-5/b13-12+;;;. The fraction of sp³-hybridized carbons (Fsp3) is 0.451. The van der Waals surface area contributed by atoms with Crippen LogP contribution < -0.4 is 41.2 Å². The summed E-state index contributed by atoms with van der Waals surface area (Å²) in [6.07, 6.45) is 31.5. The summed E-state index contributed by atoms with van der Waals surface area (Å²) in [5.41, 5.74) is 6.14. The summed E-state index contributed by atoms with van der Waals surface area (Å²) in [4.78, 5) is 31.4. The lowest BCUT2D eigenvalue weighted by Crippen LogP contribution is -2.39. The van der Waals surface area contributed by atoms with E-state index in [0.29, 0.717) is 72.5 Å². The number of rotatable bonds is 48. The summed E-state index contributed by atoms with van der Waals surface area (Å²) in [7, 11) is -10.6. The van der Waals surface area contributed by atoms with E-state index in [1.165, 1.54) is 183 Å². The molecule has 0 aliphatic rings. The van der Waals surface area contributed by atoms with Crippen LogP contribution in [-0.4, -0.2) is 158 Å². The van der Waals surface area contributed by atoms with Gasteiger partial charge in [0.2, 0.25) is 35.7 Å². The first-order chi connectivity index (χ1) is 58.9. The number of quaternary nitrogens is 2. The number of aryl methyl sites for hydroxylation is 3. The van der Waals surface area contributed by atoms with Crippen molar-refractivity contribution in [2.75, 3.05) is 98.5 Å². The molecule has 0 atom stereocenters. The maximum atomic E-state index is 12.7. The van der Waals surface area contributed by atoms with Gasteiger partial charge in [-0.2, -0.15) is 29.9 Å². The molecule has 0 spiro atoms. The van der Waals surface area contributed by atoms with Crippen LogP contribution >= 0.6 is 0 Å². The van der Waals surface area contributed by atoms with Gasteiger partial charge in [0.25, 0.3) is 0 Å². The number of benzene rings is 7. The first kappa shape index (κ1) is 103. The summed E-state index contributed by atoms with van der Waals surface area (Å²) >= 11 is 0. The molecule has 0 radical (unpaired) electrons. The Balaban J connectivity index is 0.000000352. The van der Waals surface area contributed by atoms with Gasteiger partial charge in [-0.05, 0) is 163 Å². The maximum Gasteiger partial charge on any atom is 0.233 e. The monoisotopic (exact) mass is 1780 g/mol. The SMILES string of the molecule is CCCCCCCCCCCC[N+](C)(C)Cc1ccccc1.CCCCCCCCCCCC[N+](C)(C)Cc1ccccc1.CCN(CC)c1nc(Nc2ccc(/C=C/c3ccc(Nc4nc(Nc5cc(S(=O)(=O)[O-])ccc5S(=O)(=O)[O-])nc(N(CC)CC)n4)cc3C)c(S(=O)(=O)[O-])c2)nc(Nc2cc(S(=O)(=O)[O-])ccc2C)n1.Cc1ccc(OO[O-])cc1. The van der Waals surface area contributed by atoms with E-state index < -0.39 is 65.7 Å². The molecule has 29 nitrogen and oxygen atoms in total. The Morgan fingerprint density at radius 2 is 0.742 bits per heavy atom. The third kappa shape index (κ3) is 37.7. The second-order valence-corrected chi connectivity index (χ2v) is 37.4. The number of nitrogens with one attached hydrogen (secondary N) is 4. The summed E-state index contributed by atoms with van der Waals surface area (Å²) in [6, 6.07) is 43.7. The molecular weight excluding hydrogens is 1660 g/mol. The minimum absolute atomic E-state index is 0.0367. The Hall–Kier alpha value is -9.62. The summed E-state index contributed by atoms with van der Waals surface area (Å²) in [5, 5.41) is 24.1. The topological polar surface area (TPSA) is 402 Å². The van der Waals surface area contributed by atoms with Gasteiger partial charge in [0.05, 0.1) is 66.5 Å². The highest BCUT2D eigenvalue weighted by atomic mass is 32.2. The number of aromatic nitrogens is 6. The minimum atomic E-state index is -5.17. The first-order valence-electron chi connectivity index (χ1n) is 42.8. The number of nitrogens with zero attached hydrogens (tertiary/aromatic N) is 10. The van der Waals surface area contributed by atoms with Gasteiger partial charge in [-0.3, -0.25) is 0 Å². The lowest BCUT2D eigenvalue weighted by molar-refractivity contribution is -0.903. The molecule has 0 unspecified atom stereocenters. The number of hydrogen-bond acceptors (Lipinski definition) is 27. The smallest absolute Gasteiger partial charge is 0.233 e. The first-order valence-corrected chi connectivity index (χ1v) is 48.4. The van der Waals surface area contributed by atoms with E-state index in [1.54, 1.807) is 60.1 Å². The van der Waals surface area contributed by atoms with E-state index in [9.17, 15) is 57.1 Å². The van der Waals surface area contributed by atoms with E-state index in [2.05, 4.69) is 164 Å². The molecule has 2 aromatic heterocycles. The molecule has 0 saturated heterocycles. The molecule has 9 rings (SSSR count). The van der Waals surface area contributed by atoms with Gasteiger partial charge >= 0.3 is 0 Å². The fourth-order valence-corrected chi connectivity index (χ4v) is 16.0. The molecule has 124 heavy (non-hydrogen) atoms. The van der Waals surface area contributed by atoms with Crippen molar-refractivity contribution in [3.8, 4) is 5.75 Å². The highest BCUT2D eigenvalue weighted by Crippen LogP contribution is 2.32. The Bertz CT molecular complexity index is 5170. The third-order valence-corrected chi connectivity index (χ3v) is 24.1. The van der Waals surface area contributed by atoms with Crippen molar-refractivity contribution in [3.63, 3.8) is 0 Å². The highest BCUT2D eigenvalue weighted by Gasteiger charge is 2.22. The van der Waals surface area contributed by atoms with Crippen LogP contribution in [0.25, 0.3) is 12.2 Å². The van der Waals surface area contributed by atoms with Crippen molar-refractivity contribution in [1.29, 1.82) is 0 Å². The van der Waals surface area contributed by atoms with Crippen molar-refractivity contribution >= 4 is 111 Å². The Kier molecular flexibility index (Phi) is 43.0. The van der Waals surface area contributed by atoms with Gasteiger partial charge in [-0.15, -0.1) is 0 Å². The van der Waals surface area contributed by atoms with Gasteiger partial charge in [-0.1, -0.05) is 225 Å². The van der Waals surface area contributed by atoms with Crippen LogP contribution in [0, 0.1) is 20.8 Å². The minimum Gasteiger partial charge on any atom is -0.744 e. The van der Waals surface area contributed by atoms with Gasteiger partial charge in [-0.25, -0.2) is 38.7 Å². The van der Waals surface area contributed by atoms with Crippen molar-refractivity contribution in [3.05, 3.63) is 197 Å². The van der Waals surface area contributed by atoms with Crippen molar-refractivity contribution in [2.24, 2.45) is 0 Å². The molecule has 0 bridgehead atoms. The number of anilines is 10. The van der Waals surface area contributed by atoms with Gasteiger partial charge in [0.15, 0.2) is 5.75 Å². The molecule has 0 aliphatic carbocycles. The van der Waals surface area contributed by atoms with E-state index in [4.69, 9.17) is 0 Å².